The first-order chi connectivity index (χ1) is 14.5. The molecular formula is C23H23FN4O2. The molecule has 30 heavy (non-hydrogen) atoms. The minimum atomic E-state index is -0.468. The van der Waals surface area contributed by atoms with Crippen molar-refractivity contribution in [2.24, 2.45) is 5.92 Å². The lowest BCUT2D eigenvalue weighted by Crippen LogP contribution is -2.40. The minimum Gasteiger partial charge on any atom is -0.320 e. The summed E-state index contributed by atoms with van der Waals surface area (Å²) in [5, 5.41) is 0. The van der Waals surface area contributed by atoms with Crippen molar-refractivity contribution in [1.82, 2.24) is 18.7 Å². The van der Waals surface area contributed by atoms with Crippen LogP contribution in [0.3, 0.4) is 0 Å². The van der Waals surface area contributed by atoms with Gasteiger partial charge in [0, 0.05) is 13.1 Å². The number of rotatable bonds is 6. The lowest BCUT2D eigenvalue weighted by Gasteiger charge is -2.13. The fourth-order valence-corrected chi connectivity index (χ4v) is 3.49. The summed E-state index contributed by atoms with van der Waals surface area (Å²) in [5.74, 6) is -0.0636. The maximum atomic E-state index is 13.5. The first-order valence-electron chi connectivity index (χ1n) is 9.96. The molecule has 2 aromatic heterocycles. The van der Waals surface area contributed by atoms with Gasteiger partial charge in [0.1, 0.15) is 5.82 Å². The molecule has 0 amide bonds. The first-order valence-corrected chi connectivity index (χ1v) is 9.96. The Labute approximate surface area is 172 Å². The van der Waals surface area contributed by atoms with Gasteiger partial charge in [0.05, 0.1) is 12.0 Å². The van der Waals surface area contributed by atoms with E-state index in [2.05, 4.69) is 4.98 Å². The molecule has 0 fully saturated rings. The number of aromatic nitrogens is 4. The second-order valence-corrected chi connectivity index (χ2v) is 7.76. The van der Waals surface area contributed by atoms with Gasteiger partial charge in [0.15, 0.2) is 11.2 Å². The summed E-state index contributed by atoms with van der Waals surface area (Å²) >= 11 is 0. The van der Waals surface area contributed by atoms with Crippen LogP contribution in [0.25, 0.3) is 16.9 Å². The van der Waals surface area contributed by atoms with Crippen molar-refractivity contribution < 1.29 is 4.39 Å². The molecule has 0 saturated heterocycles. The molecule has 0 saturated carbocycles. The first kappa shape index (κ1) is 19.8. The van der Waals surface area contributed by atoms with Crippen molar-refractivity contribution in [3.05, 3.63) is 93.1 Å². The van der Waals surface area contributed by atoms with E-state index in [4.69, 9.17) is 0 Å². The predicted molar refractivity (Wildman–Crippen MR) is 115 cm³/mol. The van der Waals surface area contributed by atoms with Crippen molar-refractivity contribution >= 4 is 11.2 Å². The SMILES string of the molecule is CC(C)CCn1c(=O)c2c(ncn2Cc2ccccc2)n(-c2ccc(F)cc2)c1=O. The van der Waals surface area contributed by atoms with Gasteiger partial charge in [-0.3, -0.25) is 9.36 Å². The van der Waals surface area contributed by atoms with Crippen LogP contribution in [0.15, 0.2) is 70.5 Å². The van der Waals surface area contributed by atoms with E-state index in [1.807, 2.05) is 44.2 Å². The molecule has 0 radical (unpaired) electrons. The Morgan fingerprint density at radius 1 is 1.00 bits per heavy atom. The highest BCUT2D eigenvalue weighted by molar-refractivity contribution is 5.72. The molecule has 0 N–H and O–H groups in total. The molecule has 2 aromatic carbocycles. The summed E-state index contributed by atoms with van der Waals surface area (Å²) in [5.41, 5.74) is 1.28. The third kappa shape index (κ3) is 3.70. The zero-order valence-electron chi connectivity index (χ0n) is 17.0. The standard InChI is InChI=1S/C23H23FN4O2/c1-16(2)12-13-27-22(29)20-21(25-15-26(20)14-17-6-4-3-5-7-17)28(23(27)30)19-10-8-18(24)9-11-19/h3-11,15-16H,12-14H2,1-2H3. The van der Waals surface area contributed by atoms with Crippen LogP contribution in [-0.4, -0.2) is 18.7 Å². The highest BCUT2D eigenvalue weighted by atomic mass is 19.1. The average Bonchev–Trinajstić information content (AvgIpc) is 3.13. The van der Waals surface area contributed by atoms with E-state index in [0.29, 0.717) is 36.6 Å². The molecule has 0 aliphatic carbocycles. The Kier molecular flexibility index (Phi) is 5.35. The van der Waals surface area contributed by atoms with Gasteiger partial charge >= 0.3 is 5.69 Å². The van der Waals surface area contributed by atoms with Gasteiger partial charge in [0.25, 0.3) is 5.56 Å². The van der Waals surface area contributed by atoms with E-state index in [9.17, 15) is 14.0 Å². The number of fused-ring (bicyclic) bond motifs is 1. The number of benzene rings is 2. The van der Waals surface area contributed by atoms with Gasteiger partial charge in [-0.05, 0) is 42.2 Å². The molecule has 0 aliphatic rings. The van der Waals surface area contributed by atoms with E-state index >= 15 is 0 Å². The van der Waals surface area contributed by atoms with Gasteiger partial charge in [-0.1, -0.05) is 44.2 Å². The fraction of sp³-hybridized carbons (Fsp3) is 0.261. The summed E-state index contributed by atoms with van der Waals surface area (Å²) < 4.78 is 17.9. The van der Waals surface area contributed by atoms with E-state index in [0.717, 1.165) is 5.56 Å². The second kappa shape index (κ2) is 8.10. The molecule has 0 aliphatic heterocycles. The highest BCUT2D eigenvalue weighted by Gasteiger charge is 2.19. The van der Waals surface area contributed by atoms with Crippen molar-refractivity contribution in [2.45, 2.75) is 33.4 Å². The number of halogens is 1. The molecule has 7 heteroatoms. The smallest absolute Gasteiger partial charge is 0.320 e. The average molecular weight is 406 g/mol. The predicted octanol–water partition coefficient (Wildman–Crippen LogP) is 3.58. The zero-order valence-corrected chi connectivity index (χ0v) is 17.0. The number of hydrogen-bond acceptors (Lipinski definition) is 3. The fourth-order valence-electron chi connectivity index (χ4n) is 3.49. The molecule has 6 nitrogen and oxygen atoms in total. The lowest BCUT2D eigenvalue weighted by molar-refractivity contribution is 0.491. The van der Waals surface area contributed by atoms with Crippen LogP contribution < -0.4 is 11.2 Å². The van der Waals surface area contributed by atoms with Gasteiger partial charge in [-0.15, -0.1) is 0 Å². The number of imidazole rings is 1. The van der Waals surface area contributed by atoms with Gasteiger partial charge in [0.2, 0.25) is 0 Å². The summed E-state index contributed by atoms with van der Waals surface area (Å²) in [6.07, 6.45) is 2.27. The molecule has 0 spiro atoms. The molecular weight excluding hydrogens is 383 g/mol. The van der Waals surface area contributed by atoms with E-state index in [-0.39, 0.29) is 11.2 Å². The molecule has 154 valence electrons. The zero-order chi connectivity index (χ0) is 21.3. The molecule has 0 unspecified atom stereocenters. The Balaban J connectivity index is 1.96. The van der Waals surface area contributed by atoms with Crippen LogP contribution in [0, 0.1) is 11.7 Å². The number of nitrogens with zero attached hydrogens (tertiary/aromatic N) is 4. The monoisotopic (exact) mass is 406 g/mol. The van der Waals surface area contributed by atoms with Crippen LogP contribution in [0.4, 0.5) is 4.39 Å². The largest absolute Gasteiger partial charge is 0.337 e. The molecule has 0 bridgehead atoms. The van der Waals surface area contributed by atoms with Gasteiger partial charge in [-0.2, -0.15) is 0 Å². The summed E-state index contributed by atoms with van der Waals surface area (Å²) in [6, 6.07) is 15.4. The van der Waals surface area contributed by atoms with Crippen molar-refractivity contribution in [2.75, 3.05) is 0 Å². The normalized spacial score (nSPS) is 11.5. The van der Waals surface area contributed by atoms with Crippen LogP contribution in [0.1, 0.15) is 25.8 Å². The maximum absolute atomic E-state index is 13.5. The second-order valence-electron chi connectivity index (χ2n) is 7.76. The Morgan fingerprint density at radius 3 is 2.37 bits per heavy atom. The molecule has 4 rings (SSSR count). The Morgan fingerprint density at radius 2 is 1.70 bits per heavy atom. The quantitative estimate of drug-likeness (QED) is 0.492. The number of hydrogen-bond donors (Lipinski definition) is 0. The van der Waals surface area contributed by atoms with E-state index in [1.54, 1.807) is 10.9 Å². The molecule has 4 aromatic rings. The minimum absolute atomic E-state index is 0.272. The topological polar surface area (TPSA) is 61.8 Å². The summed E-state index contributed by atoms with van der Waals surface area (Å²) in [4.78, 5) is 30.9. The van der Waals surface area contributed by atoms with Crippen molar-refractivity contribution in [3.63, 3.8) is 0 Å². The lowest BCUT2D eigenvalue weighted by atomic mass is 10.1. The van der Waals surface area contributed by atoms with Crippen LogP contribution in [0.2, 0.25) is 0 Å². The Hall–Kier alpha value is -3.48. The Bertz CT molecular complexity index is 1290. The van der Waals surface area contributed by atoms with Crippen LogP contribution >= 0.6 is 0 Å². The highest BCUT2D eigenvalue weighted by Crippen LogP contribution is 2.15. The van der Waals surface area contributed by atoms with Crippen LogP contribution in [0.5, 0.6) is 0 Å². The maximum Gasteiger partial charge on any atom is 0.337 e. The van der Waals surface area contributed by atoms with Gasteiger partial charge in [-0.25, -0.2) is 18.7 Å². The third-order valence-electron chi connectivity index (χ3n) is 5.11. The van der Waals surface area contributed by atoms with Crippen LogP contribution in [-0.2, 0) is 13.1 Å². The summed E-state index contributed by atoms with van der Waals surface area (Å²) in [6.45, 7) is 4.85. The van der Waals surface area contributed by atoms with Crippen molar-refractivity contribution in [1.29, 1.82) is 0 Å². The van der Waals surface area contributed by atoms with Gasteiger partial charge < -0.3 is 4.57 Å². The molecule has 0 atom stereocenters. The van der Waals surface area contributed by atoms with Crippen molar-refractivity contribution in [3.8, 4) is 5.69 Å². The van der Waals surface area contributed by atoms with E-state index < -0.39 is 11.5 Å². The van der Waals surface area contributed by atoms with E-state index in [1.165, 1.54) is 33.4 Å². The molecule has 2 heterocycles. The summed E-state index contributed by atoms with van der Waals surface area (Å²) in [7, 11) is 0. The third-order valence-corrected chi connectivity index (χ3v) is 5.11.